The van der Waals surface area contributed by atoms with Crippen LogP contribution >= 0.6 is 12.2 Å². The number of carbonyl (C=O) groups is 1. The molecule has 0 aromatic heterocycles. The normalized spacial score (nSPS) is 14.2. The Kier molecular flexibility index (Phi) is 5.53. The van der Waals surface area contributed by atoms with Crippen molar-refractivity contribution in [3.63, 3.8) is 0 Å². The van der Waals surface area contributed by atoms with Crippen LogP contribution in [0.25, 0.3) is 0 Å². The van der Waals surface area contributed by atoms with Gasteiger partial charge in [-0.15, -0.1) is 0 Å². The van der Waals surface area contributed by atoms with Crippen molar-refractivity contribution in [3.8, 4) is 0 Å². The predicted molar refractivity (Wildman–Crippen MR) is 105 cm³/mol. The van der Waals surface area contributed by atoms with Gasteiger partial charge in [-0.25, -0.2) is 8.42 Å². The zero-order chi connectivity index (χ0) is 18.6. The van der Waals surface area contributed by atoms with Crippen LogP contribution in [0.5, 0.6) is 0 Å². The molecule has 1 aliphatic rings. The Balaban J connectivity index is 1.60. The van der Waals surface area contributed by atoms with Crippen molar-refractivity contribution in [2.24, 2.45) is 5.92 Å². The van der Waals surface area contributed by atoms with E-state index < -0.39 is 10.0 Å². The average molecular weight is 390 g/mol. The molecule has 0 atom stereocenters. The molecule has 1 saturated carbocycles. The second-order valence-corrected chi connectivity index (χ2v) is 8.16. The molecular formula is C18H19N3O3S2. The highest BCUT2D eigenvalue weighted by Crippen LogP contribution is 2.26. The van der Waals surface area contributed by atoms with Crippen molar-refractivity contribution in [1.29, 1.82) is 0 Å². The van der Waals surface area contributed by atoms with Crippen LogP contribution in [0.2, 0.25) is 0 Å². The maximum absolute atomic E-state index is 12.4. The fourth-order valence-electron chi connectivity index (χ4n) is 2.48. The zero-order valence-electron chi connectivity index (χ0n) is 13.9. The number of nitrogens with one attached hydrogen (secondary N) is 3. The highest BCUT2D eigenvalue weighted by atomic mass is 32.2. The van der Waals surface area contributed by atoms with Gasteiger partial charge in [0, 0.05) is 17.3 Å². The van der Waals surface area contributed by atoms with Crippen LogP contribution in [0.15, 0.2) is 59.5 Å². The van der Waals surface area contributed by atoms with Crippen LogP contribution in [-0.4, -0.2) is 19.4 Å². The summed E-state index contributed by atoms with van der Waals surface area (Å²) in [6.45, 7) is 0. The summed E-state index contributed by atoms with van der Waals surface area (Å²) in [7, 11) is -3.66. The number of thiocarbonyl (C=S) groups is 1. The summed E-state index contributed by atoms with van der Waals surface area (Å²) in [5.41, 5.74) is 1.09. The number of benzene rings is 2. The van der Waals surface area contributed by atoms with Gasteiger partial charge in [0.1, 0.15) is 0 Å². The van der Waals surface area contributed by atoms with Gasteiger partial charge in [0.15, 0.2) is 5.11 Å². The third-order valence-corrected chi connectivity index (χ3v) is 5.76. The van der Waals surface area contributed by atoms with Gasteiger partial charge in [-0.3, -0.25) is 9.52 Å². The Hall–Kier alpha value is -2.45. The van der Waals surface area contributed by atoms with Gasteiger partial charge in [0.2, 0.25) is 5.91 Å². The molecule has 0 saturated heterocycles. The van der Waals surface area contributed by atoms with E-state index in [1.807, 2.05) is 6.07 Å². The minimum Gasteiger partial charge on any atom is -0.332 e. The summed E-state index contributed by atoms with van der Waals surface area (Å²) in [4.78, 5) is 12.0. The quantitative estimate of drug-likeness (QED) is 0.684. The van der Waals surface area contributed by atoms with E-state index in [4.69, 9.17) is 12.2 Å². The lowest BCUT2D eigenvalue weighted by Gasteiger charge is -2.24. The van der Waals surface area contributed by atoms with E-state index in [0.29, 0.717) is 11.4 Å². The first-order chi connectivity index (χ1) is 12.4. The lowest BCUT2D eigenvalue weighted by atomic mass is 9.85. The number of sulfonamides is 1. The molecule has 0 spiro atoms. The largest absolute Gasteiger partial charge is 0.332 e. The van der Waals surface area contributed by atoms with Gasteiger partial charge in [-0.05, 0) is 61.5 Å². The van der Waals surface area contributed by atoms with Gasteiger partial charge in [-0.2, -0.15) is 0 Å². The molecule has 2 aromatic carbocycles. The minimum atomic E-state index is -3.66. The van der Waals surface area contributed by atoms with Gasteiger partial charge in [0.05, 0.1) is 4.90 Å². The van der Waals surface area contributed by atoms with E-state index in [2.05, 4.69) is 15.4 Å². The topological polar surface area (TPSA) is 87.3 Å². The fraction of sp³-hybridized carbons (Fsp3) is 0.222. The third-order valence-electron chi connectivity index (χ3n) is 4.16. The number of hydrogen-bond donors (Lipinski definition) is 3. The SMILES string of the molecule is O=C(NC(=S)Nc1ccc(S(=O)(=O)Nc2ccccc2)cc1)C1CCC1. The summed E-state index contributed by atoms with van der Waals surface area (Å²) in [5, 5.41) is 5.76. The van der Waals surface area contributed by atoms with Crippen LogP contribution < -0.4 is 15.4 Å². The number of rotatable bonds is 5. The first-order valence-corrected chi connectivity index (χ1v) is 10.1. The monoisotopic (exact) mass is 389 g/mol. The standard InChI is InChI=1S/C18H19N3O3S2/c22-17(13-5-4-6-13)20-18(25)19-14-9-11-16(12-10-14)26(23,24)21-15-7-2-1-3-8-15/h1-3,7-13,21H,4-6H2,(H2,19,20,22,25). The van der Waals surface area contributed by atoms with Crippen molar-refractivity contribution in [1.82, 2.24) is 5.32 Å². The molecule has 136 valence electrons. The molecular weight excluding hydrogens is 370 g/mol. The van der Waals surface area contributed by atoms with Crippen molar-refractivity contribution in [2.45, 2.75) is 24.2 Å². The minimum absolute atomic E-state index is 0.0475. The second kappa shape index (κ2) is 7.84. The molecule has 0 bridgehead atoms. The lowest BCUT2D eigenvalue weighted by molar-refractivity contribution is -0.125. The van der Waals surface area contributed by atoms with Crippen molar-refractivity contribution < 1.29 is 13.2 Å². The maximum Gasteiger partial charge on any atom is 0.261 e. The number of amides is 1. The van der Waals surface area contributed by atoms with E-state index in [1.54, 1.807) is 36.4 Å². The number of hydrogen-bond acceptors (Lipinski definition) is 4. The van der Waals surface area contributed by atoms with Gasteiger partial charge in [-0.1, -0.05) is 24.6 Å². The molecule has 0 aliphatic heterocycles. The lowest BCUT2D eigenvalue weighted by Crippen LogP contribution is -2.40. The molecule has 3 rings (SSSR count). The molecule has 1 amide bonds. The molecule has 2 aromatic rings. The molecule has 0 unspecified atom stereocenters. The Labute approximate surface area is 158 Å². The summed E-state index contributed by atoms with van der Waals surface area (Å²) in [5.74, 6) is -0.0219. The Bertz CT molecular complexity index is 893. The number of anilines is 2. The molecule has 8 heteroatoms. The van der Waals surface area contributed by atoms with Crippen molar-refractivity contribution >= 4 is 44.6 Å². The van der Waals surface area contributed by atoms with Crippen LogP contribution in [-0.2, 0) is 14.8 Å². The van der Waals surface area contributed by atoms with E-state index in [9.17, 15) is 13.2 Å². The Morgan fingerprint density at radius 3 is 2.19 bits per heavy atom. The van der Waals surface area contributed by atoms with Crippen molar-refractivity contribution in [3.05, 3.63) is 54.6 Å². The first kappa shape index (κ1) is 18.3. The Morgan fingerprint density at radius 2 is 1.62 bits per heavy atom. The molecule has 3 N–H and O–H groups in total. The van der Waals surface area contributed by atoms with Gasteiger partial charge >= 0.3 is 0 Å². The summed E-state index contributed by atoms with van der Waals surface area (Å²) in [6, 6.07) is 14.8. The molecule has 26 heavy (non-hydrogen) atoms. The van der Waals surface area contributed by atoms with E-state index in [-0.39, 0.29) is 21.8 Å². The second-order valence-electron chi connectivity index (χ2n) is 6.07. The van der Waals surface area contributed by atoms with E-state index in [0.717, 1.165) is 19.3 Å². The molecule has 0 heterocycles. The van der Waals surface area contributed by atoms with Gasteiger partial charge < -0.3 is 10.6 Å². The van der Waals surface area contributed by atoms with Crippen LogP contribution in [0.4, 0.5) is 11.4 Å². The molecule has 6 nitrogen and oxygen atoms in total. The molecule has 1 fully saturated rings. The van der Waals surface area contributed by atoms with E-state index >= 15 is 0 Å². The van der Waals surface area contributed by atoms with Gasteiger partial charge in [0.25, 0.3) is 10.0 Å². The van der Waals surface area contributed by atoms with Crippen LogP contribution in [0, 0.1) is 5.92 Å². The molecule has 0 radical (unpaired) electrons. The van der Waals surface area contributed by atoms with Crippen LogP contribution in [0.1, 0.15) is 19.3 Å². The number of para-hydroxylation sites is 1. The maximum atomic E-state index is 12.4. The predicted octanol–water partition coefficient (Wildman–Crippen LogP) is 3.10. The summed E-state index contributed by atoms with van der Waals surface area (Å²) < 4.78 is 27.3. The third kappa shape index (κ3) is 4.59. The average Bonchev–Trinajstić information content (AvgIpc) is 2.54. The molecule has 1 aliphatic carbocycles. The van der Waals surface area contributed by atoms with E-state index in [1.165, 1.54) is 12.1 Å². The smallest absolute Gasteiger partial charge is 0.261 e. The summed E-state index contributed by atoms with van der Waals surface area (Å²) in [6.07, 6.45) is 2.87. The summed E-state index contributed by atoms with van der Waals surface area (Å²) >= 11 is 5.12. The highest BCUT2D eigenvalue weighted by Gasteiger charge is 2.25. The Morgan fingerprint density at radius 1 is 0.962 bits per heavy atom. The first-order valence-electron chi connectivity index (χ1n) is 8.24. The zero-order valence-corrected chi connectivity index (χ0v) is 15.6. The number of carbonyl (C=O) groups excluding carboxylic acids is 1. The van der Waals surface area contributed by atoms with Crippen molar-refractivity contribution in [2.75, 3.05) is 10.0 Å². The highest BCUT2D eigenvalue weighted by molar-refractivity contribution is 7.92. The fourth-order valence-corrected chi connectivity index (χ4v) is 3.76. The van der Waals surface area contributed by atoms with Crippen LogP contribution in [0.3, 0.4) is 0 Å².